The minimum absolute atomic E-state index is 0.00840. The van der Waals surface area contributed by atoms with Gasteiger partial charge in [-0.1, -0.05) is 0 Å². The third kappa shape index (κ3) is 3.01. The summed E-state index contributed by atoms with van der Waals surface area (Å²) in [6.07, 6.45) is 2.30. The summed E-state index contributed by atoms with van der Waals surface area (Å²) in [7, 11) is 1.46. The van der Waals surface area contributed by atoms with Crippen molar-refractivity contribution in [2.24, 2.45) is 0 Å². The van der Waals surface area contributed by atoms with Crippen molar-refractivity contribution >= 4 is 11.4 Å². The number of nitro benzene ring substituents is 1. The molecule has 6 nitrogen and oxygen atoms in total. The minimum Gasteiger partial charge on any atom is -0.490 e. The topological polar surface area (TPSA) is 67.6 Å². The van der Waals surface area contributed by atoms with E-state index in [4.69, 9.17) is 4.74 Å². The quantitative estimate of drug-likeness (QED) is 0.661. The number of hydrogen-bond donors (Lipinski definition) is 1. The van der Waals surface area contributed by atoms with Gasteiger partial charge in [0.25, 0.3) is 0 Å². The molecule has 0 aliphatic carbocycles. The van der Waals surface area contributed by atoms with Gasteiger partial charge in [-0.15, -0.1) is 0 Å². The van der Waals surface area contributed by atoms with Crippen molar-refractivity contribution in [3.63, 3.8) is 0 Å². The second-order valence-corrected chi connectivity index (χ2v) is 4.90. The maximum absolute atomic E-state index is 10.9. The van der Waals surface area contributed by atoms with Crippen LogP contribution in [0.15, 0.2) is 18.2 Å². The summed E-state index contributed by atoms with van der Waals surface area (Å²) >= 11 is 0. The molecule has 1 aliphatic heterocycles. The zero-order valence-corrected chi connectivity index (χ0v) is 12.0. The molecule has 0 spiro atoms. The Kier molecular flexibility index (Phi) is 4.79. The Bertz CT molecular complexity index is 473. The van der Waals surface area contributed by atoms with Crippen LogP contribution in [0.5, 0.6) is 5.75 Å². The lowest BCUT2D eigenvalue weighted by molar-refractivity contribution is -0.385. The number of rotatable bonds is 5. The summed E-state index contributed by atoms with van der Waals surface area (Å²) < 4.78 is 5.15. The van der Waals surface area contributed by atoms with E-state index >= 15 is 0 Å². The molecular formula is C14H21N3O3. The van der Waals surface area contributed by atoms with Crippen LogP contribution in [0.2, 0.25) is 0 Å². The Balaban J connectivity index is 2.27. The molecule has 1 heterocycles. The van der Waals surface area contributed by atoms with Gasteiger partial charge < -0.3 is 15.0 Å². The molecule has 0 saturated carbocycles. The van der Waals surface area contributed by atoms with Crippen LogP contribution < -0.4 is 15.0 Å². The number of nitrogens with one attached hydrogen (secondary N) is 1. The van der Waals surface area contributed by atoms with E-state index in [0.29, 0.717) is 11.8 Å². The largest absolute Gasteiger partial charge is 0.490 e. The van der Waals surface area contributed by atoms with Gasteiger partial charge in [0.2, 0.25) is 0 Å². The van der Waals surface area contributed by atoms with Crippen molar-refractivity contribution in [3.8, 4) is 5.75 Å². The van der Waals surface area contributed by atoms with Crippen molar-refractivity contribution in [1.82, 2.24) is 5.32 Å². The normalized spacial score (nSPS) is 18.6. The zero-order valence-electron chi connectivity index (χ0n) is 12.0. The molecular weight excluding hydrogens is 258 g/mol. The van der Waals surface area contributed by atoms with Crippen LogP contribution >= 0.6 is 0 Å². The highest BCUT2D eigenvalue weighted by molar-refractivity contribution is 5.59. The fourth-order valence-corrected chi connectivity index (χ4v) is 2.75. The average Bonchev–Trinajstić information content (AvgIpc) is 2.48. The molecule has 1 aliphatic rings. The maximum atomic E-state index is 10.9. The summed E-state index contributed by atoms with van der Waals surface area (Å²) in [5.74, 6) is 0.315. The van der Waals surface area contributed by atoms with Crippen molar-refractivity contribution in [1.29, 1.82) is 0 Å². The number of piperidine rings is 1. The van der Waals surface area contributed by atoms with E-state index in [2.05, 4.69) is 17.1 Å². The van der Waals surface area contributed by atoms with Crippen LogP contribution in [0.25, 0.3) is 0 Å². The van der Waals surface area contributed by atoms with Crippen LogP contribution in [0.4, 0.5) is 11.4 Å². The van der Waals surface area contributed by atoms with E-state index in [-0.39, 0.29) is 5.69 Å². The van der Waals surface area contributed by atoms with Crippen LogP contribution in [-0.2, 0) is 0 Å². The van der Waals surface area contributed by atoms with E-state index in [1.54, 1.807) is 12.1 Å². The van der Waals surface area contributed by atoms with Crippen LogP contribution in [0.3, 0.4) is 0 Å². The molecule has 1 aromatic carbocycles. The molecule has 1 N–H and O–H groups in total. The van der Waals surface area contributed by atoms with E-state index in [0.717, 1.165) is 38.2 Å². The Morgan fingerprint density at radius 1 is 1.55 bits per heavy atom. The Hall–Kier alpha value is -1.82. The third-order valence-corrected chi connectivity index (χ3v) is 3.74. The Morgan fingerprint density at radius 2 is 2.35 bits per heavy atom. The summed E-state index contributed by atoms with van der Waals surface area (Å²) in [6, 6.07) is 5.52. The second-order valence-electron chi connectivity index (χ2n) is 4.90. The van der Waals surface area contributed by atoms with Crippen molar-refractivity contribution in [2.45, 2.75) is 25.8 Å². The van der Waals surface area contributed by atoms with E-state index in [9.17, 15) is 10.1 Å². The van der Waals surface area contributed by atoms with E-state index in [1.807, 2.05) is 0 Å². The van der Waals surface area contributed by atoms with E-state index in [1.165, 1.54) is 13.2 Å². The smallest absolute Gasteiger partial charge is 0.311 e. The van der Waals surface area contributed by atoms with Gasteiger partial charge in [0.1, 0.15) is 0 Å². The number of hydrogen-bond acceptors (Lipinski definition) is 5. The molecule has 6 heteroatoms. The zero-order chi connectivity index (χ0) is 14.5. The number of nitro groups is 1. The van der Waals surface area contributed by atoms with Gasteiger partial charge in [0, 0.05) is 37.0 Å². The minimum atomic E-state index is -0.416. The molecule has 2 rings (SSSR count). The van der Waals surface area contributed by atoms with Gasteiger partial charge in [-0.3, -0.25) is 10.1 Å². The van der Waals surface area contributed by atoms with Gasteiger partial charge in [-0.05, 0) is 32.4 Å². The van der Waals surface area contributed by atoms with Gasteiger partial charge in [0.05, 0.1) is 12.0 Å². The molecule has 0 bridgehead atoms. The van der Waals surface area contributed by atoms with Gasteiger partial charge in [-0.25, -0.2) is 0 Å². The molecule has 1 saturated heterocycles. The average molecular weight is 279 g/mol. The highest BCUT2D eigenvalue weighted by Crippen LogP contribution is 2.32. The molecule has 0 aromatic heterocycles. The van der Waals surface area contributed by atoms with Crippen molar-refractivity contribution < 1.29 is 9.66 Å². The summed E-state index contributed by atoms with van der Waals surface area (Å²) in [4.78, 5) is 12.8. The molecule has 1 fully saturated rings. The Morgan fingerprint density at radius 3 is 2.90 bits per heavy atom. The molecule has 1 atom stereocenters. The standard InChI is InChI=1S/C14H21N3O3/c1-3-16(12-5-4-8-15-10-12)11-6-7-13(17(18)19)14(9-11)20-2/h6-7,9,12,15H,3-5,8,10H2,1-2H3. The predicted molar refractivity (Wildman–Crippen MR) is 78.6 cm³/mol. The summed E-state index contributed by atoms with van der Waals surface area (Å²) in [6.45, 7) is 4.99. The number of benzene rings is 1. The molecule has 0 amide bonds. The molecule has 1 unspecified atom stereocenters. The van der Waals surface area contributed by atoms with Gasteiger partial charge in [0.15, 0.2) is 5.75 Å². The van der Waals surface area contributed by atoms with Crippen molar-refractivity contribution in [3.05, 3.63) is 28.3 Å². The lowest BCUT2D eigenvalue weighted by atomic mass is 10.0. The van der Waals surface area contributed by atoms with Gasteiger partial charge in [-0.2, -0.15) is 0 Å². The lowest BCUT2D eigenvalue weighted by Crippen LogP contribution is -2.46. The SMILES string of the molecule is CCN(c1ccc([N+](=O)[O-])c(OC)c1)C1CCCNC1. The number of likely N-dealkylation sites (N-methyl/N-ethyl adjacent to an activating group) is 1. The number of ether oxygens (including phenoxy) is 1. The first kappa shape index (κ1) is 14.6. The molecule has 20 heavy (non-hydrogen) atoms. The van der Waals surface area contributed by atoms with Gasteiger partial charge >= 0.3 is 5.69 Å². The molecule has 1 aromatic rings. The fourth-order valence-electron chi connectivity index (χ4n) is 2.75. The van der Waals surface area contributed by atoms with Crippen LogP contribution in [0.1, 0.15) is 19.8 Å². The highest BCUT2D eigenvalue weighted by atomic mass is 16.6. The fraction of sp³-hybridized carbons (Fsp3) is 0.571. The molecule has 110 valence electrons. The summed E-state index contributed by atoms with van der Waals surface area (Å²) in [5.41, 5.74) is 0.984. The van der Waals surface area contributed by atoms with Crippen molar-refractivity contribution in [2.75, 3.05) is 31.6 Å². The summed E-state index contributed by atoms with van der Waals surface area (Å²) in [5, 5.41) is 14.3. The van der Waals surface area contributed by atoms with Crippen LogP contribution in [0, 0.1) is 10.1 Å². The highest BCUT2D eigenvalue weighted by Gasteiger charge is 2.22. The lowest BCUT2D eigenvalue weighted by Gasteiger charge is -2.35. The number of nitrogens with zero attached hydrogens (tertiary/aromatic N) is 2. The maximum Gasteiger partial charge on any atom is 0.311 e. The van der Waals surface area contributed by atoms with E-state index < -0.39 is 4.92 Å². The monoisotopic (exact) mass is 279 g/mol. The number of anilines is 1. The first-order valence-corrected chi connectivity index (χ1v) is 6.97. The first-order chi connectivity index (χ1) is 9.67. The number of methoxy groups -OCH3 is 1. The molecule has 0 radical (unpaired) electrons. The predicted octanol–water partition coefficient (Wildman–Crippen LogP) is 2.18. The first-order valence-electron chi connectivity index (χ1n) is 6.97. The van der Waals surface area contributed by atoms with Crippen LogP contribution in [-0.4, -0.2) is 37.7 Å². The second kappa shape index (κ2) is 6.56. The Labute approximate surface area is 118 Å². The third-order valence-electron chi connectivity index (χ3n) is 3.74.